The molecule has 2 bridgehead atoms. The number of hydrogen-bond donors (Lipinski definition) is 1. The minimum Gasteiger partial charge on any atom is -0.340 e. The second-order valence-corrected chi connectivity index (χ2v) is 7.31. The van der Waals surface area contributed by atoms with Crippen LogP contribution in [0.1, 0.15) is 51.9 Å². The molecule has 1 N–H and O–H groups in total. The summed E-state index contributed by atoms with van der Waals surface area (Å²) in [5.74, 6) is 2.69. The molecule has 1 amide bonds. The molecule has 106 valence electrons. The summed E-state index contributed by atoms with van der Waals surface area (Å²) in [7, 11) is 0. The Balaban J connectivity index is 1.43. The maximum absolute atomic E-state index is 12.8. The summed E-state index contributed by atoms with van der Waals surface area (Å²) in [6, 6.07) is 1.89. The van der Waals surface area contributed by atoms with Gasteiger partial charge in [0.15, 0.2) is 0 Å². The van der Waals surface area contributed by atoms with Crippen molar-refractivity contribution in [3.05, 3.63) is 0 Å². The van der Waals surface area contributed by atoms with Gasteiger partial charge in [0.25, 0.3) is 0 Å². The van der Waals surface area contributed by atoms with Crippen LogP contribution in [0.4, 0.5) is 0 Å². The summed E-state index contributed by atoms with van der Waals surface area (Å²) in [5, 5.41) is 3.68. The van der Waals surface area contributed by atoms with E-state index in [9.17, 15) is 4.79 Å². The topological polar surface area (TPSA) is 32.3 Å². The molecule has 4 fully saturated rings. The zero-order valence-electron chi connectivity index (χ0n) is 12.0. The van der Waals surface area contributed by atoms with Gasteiger partial charge in [0.2, 0.25) is 5.91 Å². The fourth-order valence-electron chi connectivity index (χ4n) is 5.03. The highest BCUT2D eigenvalue weighted by atomic mass is 16.2. The third-order valence-corrected chi connectivity index (χ3v) is 6.11. The van der Waals surface area contributed by atoms with Crippen LogP contribution in [-0.4, -0.2) is 35.5 Å². The highest BCUT2D eigenvalue weighted by Gasteiger charge is 2.49. The van der Waals surface area contributed by atoms with Gasteiger partial charge in [0.05, 0.1) is 0 Å². The lowest BCUT2D eigenvalue weighted by Gasteiger charge is -2.38. The van der Waals surface area contributed by atoms with Gasteiger partial charge in [-0.2, -0.15) is 0 Å². The number of carbonyl (C=O) groups is 1. The smallest absolute Gasteiger partial charge is 0.225 e. The largest absolute Gasteiger partial charge is 0.340 e. The zero-order valence-corrected chi connectivity index (χ0v) is 12.0. The molecule has 0 radical (unpaired) electrons. The molecule has 4 aliphatic rings. The number of rotatable bonds is 3. The Bertz CT molecular complexity index is 361. The Morgan fingerprint density at radius 2 is 1.68 bits per heavy atom. The van der Waals surface area contributed by atoms with Crippen LogP contribution in [0.15, 0.2) is 0 Å². The average molecular weight is 262 g/mol. The van der Waals surface area contributed by atoms with Gasteiger partial charge in [-0.25, -0.2) is 0 Å². The minimum absolute atomic E-state index is 0.372. The fraction of sp³-hybridized carbons (Fsp3) is 0.938. The Morgan fingerprint density at radius 1 is 1.05 bits per heavy atom. The van der Waals surface area contributed by atoms with Gasteiger partial charge in [-0.3, -0.25) is 4.79 Å². The first-order valence-electron chi connectivity index (χ1n) is 8.31. The fourth-order valence-corrected chi connectivity index (χ4v) is 5.03. The predicted octanol–water partition coefficient (Wildman–Crippen LogP) is 2.16. The molecule has 2 aliphatic carbocycles. The van der Waals surface area contributed by atoms with Gasteiger partial charge >= 0.3 is 0 Å². The Hall–Kier alpha value is -0.570. The highest BCUT2D eigenvalue weighted by Crippen LogP contribution is 2.54. The zero-order chi connectivity index (χ0) is 13.0. The molecule has 0 aromatic rings. The maximum atomic E-state index is 12.8. The first-order chi connectivity index (χ1) is 9.24. The molecule has 2 heterocycles. The van der Waals surface area contributed by atoms with Gasteiger partial charge in [-0.1, -0.05) is 0 Å². The number of carbonyl (C=O) groups excluding carboxylic acids is 1. The van der Waals surface area contributed by atoms with Gasteiger partial charge in [0.1, 0.15) is 0 Å². The van der Waals surface area contributed by atoms with Crippen molar-refractivity contribution in [3.8, 4) is 0 Å². The first kappa shape index (κ1) is 12.2. The van der Waals surface area contributed by atoms with E-state index < -0.39 is 0 Å². The summed E-state index contributed by atoms with van der Waals surface area (Å²) in [6.45, 7) is 3.08. The van der Waals surface area contributed by atoms with E-state index >= 15 is 0 Å². The lowest BCUT2D eigenvalue weighted by Crippen LogP contribution is -2.51. The molecule has 0 aromatic carbocycles. The third kappa shape index (κ3) is 2.10. The van der Waals surface area contributed by atoms with E-state index in [4.69, 9.17) is 0 Å². The second kappa shape index (κ2) is 4.47. The van der Waals surface area contributed by atoms with Crippen LogP contribution < -0.4 is 5.32 Å². The summed E-state index contributed by atoms with van der Waals surface area (Å²) < 4.78 is 0. The lowest BCUT2D eigenvalue weighted by atomic mass is 9.95. The Kier molecular flexibility index (Phi) is 2.87. The van der Waals surface area contributed by atoms with Gasteiger partial charge in [-0.05, 0) is 63.7 Å². The van der Waals surface area contributed by atoms with E-state index in [2.05, 4.69) is 17.1 Å². The maximum Gasteiger partial charge on any atom is 0.225 e. The lowest BCUT2D eigenvalue weighted by molar-refractivity contribution is -0.138. The van der Waals surface area contributed by atoms with Crippen LogP contribution in [-0.2, 0) is 4.79 Å². The first-order valence-corrected chi connectivity index (χ1v) is 8.31. The van der Waals surface area contributed by atoms with E-state index in [-0.39, 0.29) is 0 Å². The molecule has 19 heavy (non-hydrogen) atoms. The number of nitrogens with zero attached hydrogens (tertiary/aromatic N) is 1. The molecule has 4 rings (SSSR count). The molecule has 0 aromatic heterocycles. The van der Waals surface area contributed by atoms with Crippen LogP contribution >= 0.6 is 0 Å². The summed E-state index contributed by atoms with van der Waals surface area (Å²) in [6.07, 6.45) is 8.81. The van der Waals surface area contributed by atoms with E-state index in [1.165, 1.54) is 44.9 Å². The average Bonchev–Trinajstić information content (AvgIpc) is 2.87. The van der Waals surface area contributed by atoms with Crippen LogP contribution in [0.3, 0.4) is 0 Å². The number of nitrogens with one attached hydrogen (secondary N) is 1. The van der Waals surface area contributed by atoms with Crippen molar-refractivity contribution in [3.63, 3.8) is 0 Å². The van der Waals surface area contributed by atoms with Crippen molar-refractivity contribution in [1.29, 1.82) is 0 Å². The monoisotopic (exact) mass is 262 g/mol. The molecule has 2 aliphatic heterocycles. The van der Waals surface area contributed by atoms with E-state index in [0.717, 1.165) is 18.4 Å². The molecule has 0 spiro atoms. The van der Waals surface area contributed by atoms with Gasteiger partial charge in [0, 0.05) is 30.6 Å². The molecule has 2 saturated heterocycles. The molecular formula is C16H26N2O. The molecular weight excluding hydrogens is 236 g/mol. The normalized spacial score (nSPS) is 47.0. The number of piperidine rings is 1. The highest BCUT2D eigenvalue weighted by molar-refractivity contribution is 5.79. The third-order valence-electron chi connectivity index (χ3n) is 6.11. The van der Waals surface area contributed by atoms with Crippen molar-refractivity contribution in [2.45, 2.75) is 70.0 Å². The summed E-state index contributed by atoms with van der Waals surface area (Å²) >= 11 is 0. The Labute approximate surface area is 116 Å². The molecule has 4 atom stereocenters. The van der Waals surface area contributed by atoms with Crippen LogP contribution in [0.2, 0.25) is 0 Å². The van der Waals surface area contributed by atoms with Gasteiger partial charge < -0.3 is 10.2 Å². The molecule has 2 saturated carbocycles. The van der Waals surface area contributed by atoms with Crippen LogP contribution in [0.25, 0.3) is 0 Å². The summed E-state index contributed by atoms with van der Waals surface area (Å²) in [5.41, 5.74) is 0. The molecule has 3 heteroatoms. The van der Waals surface area contributed by atoms with Crippen LogP contribution in [0.5, 0.6) is 0 Å². The number of amides is 1. The van der Waals surface area contributed by atoms with Crippen molar-refractivity contribution >= 4 is 5.91 Å². The second-order valence-electron chi connectivity index (χ2n) is 7.31. The van der Waals surface area contributed by atoms with Crippen molar-refractivity contribution < 1.29 is 4.79 Å². The minimum atomic E-state index is 0.372. The van der Waals surface area contributed by atoms with E-state index in [1.54, 1.807) is 0 Å². The van der Waals surface area contributed by atoms with E-state index in [1.807, 2.05) is 0 Å². The van der Waals surface area contributed by atoms with Crippen molar-refractivity contribution in [2.24, 2.45) is 17.8 Å². The standard InChI is InChI=1S/C16H26N2O/c1-2-18(15-8-13-3-4-14(9-15)17-13)16(19)12-6-10-5-11(10)7-12/h10-15,17H,2-9H2,1H3. The van der Waals surface area contributed by atoms with Crippen molar-refractivity contribution in [1.82, 2.24) is 10.2 Å². The Morgan fingerprint density at radius 3 is 2.26 bits per heavy atom. The number of fused-ring (bicyclic) bond motifs is 3. The molecule has 3 nitrogen and oxygen atoms in total. The van der Waals surface area contributed by atoms with Gasteiger partial charge in [-0.15, -0.1) is 0 Å². The predicted molar refractivity (Wildman–Crippen MR) is 74.7 cm³/mol. The number of hydrogen-bond acceptors (Lipinski definition) is 2. The molecule has 4 unspecified atom stereocenters. The summed E-state index contributed by atoms with van der Waals surface area (Å²) in [4.78, 5) is 15.0. The quantitative estimate of drug-likeness (QED) is 0.845. The SMILES string of the molecule is CCN(C(=O)C1CC2CC2C1)C1CC2CCC(C1)N2. The van der Waals surface area contributed by atoms with Crippen LogP contribution in [0, 0.1) is 17.8 Å². The van der Waals surface area contributed by atoms with Crippen molar-refractivity contribution in [2.75, 3.05) is 6.54 Å². The van der Waals surface area contributed by atoms with E-state index in [0.29, 0.717) is 30.0 Å².